The third-order valence-electron chi connectivity index (χ3n) is 6.15. The number of hydrogen-bond acceptors (Lipinski definition) is 8. The van der Waals surface area contributed by atoms with Crippen LogP contribution in [0.1, 0.15) is 45.1 Å². The van der Waals surface area contributed by atoms with E-state index in [0.29, 0.717) is 52.4 Å². The van der Waals surface area contributed by atoms with Crippen molar-refractivity contribution in [3.8, 4) is 11.5 Å². The van der Waals surface area contributed by atoms with Crippen LogP contribution in [0.4, 0.5) is 0 Å². The molecule has 0 aromatic heterocycles. The lowest BCUT2D eigenvalue weighted by Gasteiger charge is -2.38. The molecule has 0 bridgehead atoms. The van der Waals surface area contributed by atoms with E-state index in [-0.39, 0.29) is 18.3 Å². The maximum atomic E-state index is 13.8. The highest BCUT2D eigenvalue weighted by molar-refractivity contribution is 6.12. The minimum Gasteiger partial charge on any atom is -0.497 e. The third kappa shape index (κ3) is 4.47. The molecule has 0 fully saturated rings. The predicted octanol–water partition coefficient (Wildman–Crippen LogP) is 3.27. The number of carbonyl (C=O) groups is 3. The standard InChI is InChI=1S/C25H31NO7/c1-7-10-33-25(29)20-14(3)26-17-11-13(2)19(24(28)32-6)23(27)22(17)21(20)16-12-15(30-4)8-9-18(16)31-5/h8-9,12-13,19,21,26H,7,10-11H2,1-6H3/t13-,19+,21+/m0/s1. The van der Waals surface area contributed by atoms with Crippen LogP contribution >= 0.6 is 0 Å². The first-order valence-corrected chi connectivity index (χ1v) is 11.0. The van der Waals surface area contributed by atoms with E-state index in [4.69, 9.17) is 18.9 Å². The summed E-state index contributed by atoms with van der Waals surface area (Å²) < 4.78 is 21.4. The first-order chi connectivity index (χ1) is 15.8. The van der Waals surface area contributed by atoms with E-state index in [2.05, 4.69) is 5.32 Å². The minimum absolute atomic E-state index is 0.249. The number of carbonyl (C=O) groups excluding carboxylic acids is 3. The van der Waals surface area contributed by atoms with Crippen LogP contribution in [0.5, 0.6) is 11.5 Å². The quantitative estimate of drug-likeness (QED) is 0.492. The van der Waals surface area contributed by atoms with E-state index in [1.165, 1.54) is 21.3 Å². The monoisotopic (exact) mass is 457 g/mol. The van der Waals surface area contributed by atoms with Crippen LogP contribution in [0, 0.1) is 11.8 Å². The van der Waals surface area contributed by atoms with Gasteiger partial charge in [0.2, 0.25) is 0 Å². The van der Waals surface area contributed by atoms with Crippen molar-refractivity contribution in [2.45, 2.75) is 39.5 Å². The number of allylic oxidation sites excluding steroid dienone is 3. The van der Waals surface area contributed by atoms with Crippen molar-refractivity contribution in [3.05, 3.63) is 46.3 Å². The zero-order valence-corrected chi connectivity index (χ0v) is 19.9. The summed E-state index contributed by atoms with van der Waals surface area (Å²) in [5.41, 5.74) is 2.53. The average Bonchev–Trinajstić information content (AvgIpc) is 2.80. The molecule has 178 valence electrons. The van der Waals surface area contributed by atoms with Crippen molar-refractivity contribution >= 4 is 17.7 Å². The first-order valence-electron chi connectivity index (χ1n) is 11.0. The third-order valence-corrected chi connectivity index (χ3v) is 6.15. The molecule has 1 aromatic carbocycles. The van der Waals surface area contributed by atoms with Gasteiger partial charge in [-0.3, -0.25) is 9.59 Å². The van der Waals surface area contributed by atoms with Crippen LogP contribution in [-0.4, -0.2) is 45.7 Å². The number of rotatable bonds is 7. The van der Waals surface area contributed by atoms with Crippen LogP contribution in [0.2, 0.25) is 0 Å². The van der Waals surface area contributed by atoms with E-state index in [9.17, 15) is 14.4 Å². The van der Waals surface area contributed by atoms with Gasteiger partial charge in [0.1, 0.15) is 17.4 Å². The molecule has 2 aliphatic rings. The Kier molecular flexibility index (Phi) is 7.46. The number of benzene rings is 1. The maximum Gasteiger partial charge on any atom is 0.336 e. The molecule has 8 nitrogen and oxygen atoms in total. The zero-order chi connectivity index (χ0) is 24.3. The minimum atomic E-state index is -0.957. The zero-order valence-electron chi connectivity index (χ0n) is 19.9. The molecule has 1 N–H and O–H groups in total. The van der Waals surface area contributed by atoms with Gasteiger partial charge in [-0.25, -0.2) is 4.79 Å². The molecule has 1 aliphatic carbocycles. The molecule has 33 heavy (non-hydrogen) atoms. The van der Waals surface area contributed by atoms with Gasteiger partial charge in [-0.05, 0) is 43.9 Å². The van der Waals surface area contributed by atoms with Crippen molar-refractivity contribution in [1.29, 1.82) is 0 Å². The first kappa shape index (κ1) is 24.4. The number of nitrogens with one attached hydrogen (secondary N) is 1. The Balaban J connectivity index is 2.25. The molecule has 0 spiro atoms. The average molecular weight is 458 g/mol. The summed E-state index contributed by atoms with van der Waals surface area (Å²) in [6, 6.07) is 5.22. The summed E-state index contributed by atoms with van der Waals surface area (Å²) in [4.78, 5) is 39.5. The van der Waals surface area contributed by atoms with Crippen molar-refractivity contribution < 1.29 is 33.3 Å². The Hall–Kier alpha value is -3.29. The van der Waals surface area contributed by atoms with Gasteiger partial charge in [0.25, 0.3) is 0 Å². The molecule has 0 radical (unpaired) electrons. The fraction of sp³-hybridized carbons (Fsp3) is 0.480. The molecule has 0 saturated heterocycles. The lowest BCUT2D eigenvalue weighted by atomic mass is 9.69. The normalized spacial score (nSPS) is 22.4. The largest absolute Gasteiger partial charge is 0.497 e. The smallest absolute Gasteiger partial charge is 0.336 e. The number of ketones is 1. The number of Topliss-reactive ketones (excluding diaryl/α,β-unsaturated/α-hetero) is 1. The van der Waals surface area contributed by atoms with Crippen LogP contribution in [0.15, 0.2) is 40.7 Å². The van der Waals surface area contributed by atoms with Gasteiger partial charge in [0.05, 0.1) is 39.4 Å². The summed E-state index contributed by atoms with van der Waals surface area (Å²) in [5, 5.41) is 3.24. The van der Waals surface area contributed by atoms with E-state index >= 15 is 0 Å². The highest BCUT2D eigenvalue weighted by Crippen LogP contribution is 2.48. The Morgan fingerprint density at radius 2 is 1.88 bits per heavy atom. The maximum absolute atomic E-state index is 13.8. The molecular formula is C25H31NO7. The molecule has 1 aromatic rings. The van der Waals surface area contributed by atoms with Crippen molar-refractivity contribution in [3.63, 3.8) is 0 Å². The molecular weight excluding hydrogens is 426 g/mol. The lowest BCUT2D eigenvalue weighted by molar-refractivity contribution is -0.151. The van der Waals surface area contributed by atoms with Crippen molar-refractivity contribution in [1.82, 2.24) is 5.32 Å². The summed E-state index contributed by atoms with van der Waals surface area (Å²) in [7, 11) is 4.33. The van der Waals surface area contributed by atoms with Crippen LogP contribution in [0.25, 0.3) is 0 Å². The lowest BCUT2D eigenvalue weighted by Crippen LogP contribution is -2.43. The fourth-order valence-corrected chi connectivity index (χ4v) is 4.60. The second-order valence-corrected chi connectivity index (χ2v) is 8.28. The summed E-state index contributed by atoms with van der Waals surface area (Å²) in [6.45, 7) is 5.78. The highest BCUT2D eigenvalue weighted by atomic mass is 16.5. The van der Waals surface area contributed by atoms with E-state index < -0.39 is 23.8 Å². The Morgan fingerprint density at radius 1 is 1.15 bits per heavy atom. The topological polar surface area (TPSA) is 100 Å². The number of ether oxygens (including phenoxy) is 4. The van der Waals surface area contributed by atoms with E-state index in [0.717, 1.165) is 0 Å². The highest BCUT2D eigenvalue weighted by Gasteiger charge is 2.48. The van der Waals surface area contributed by atoms with Gasteiger partial charge < -0.3 is 24.3 Å². The van der Waals surface area contributed by atoms with Crippen LogP contribution in [-0.2, 0) is 23.9 Å². The van der Waals surface area contributed by atoms with E-state index in [1.807, 2.05) is 13.8 Å². The molecule has 0 amide bonds. The second-order valence-electron chi connectivity index (χ2n) is 8.28. The molecule has 1 heterocycles. The molecule has 1 aliphatic heterocycles. The summed E-state index contributed by atoms with van der Waals surface area (Å²) in [5.74, 6) is -2.45. The summed E-state index contributed by atoms with van der Waals surface area (Å²) >= 11 is 0. The van der Waals surface area contributed by atoms with Gasteiger partial charge in [0, 0.05) is 22.5 Å². The number of methoxy groups -OCH3 is 3. The van der Waals surface area contributed by atoms with E-state index in [1.54, 1.807) is 25.1 Å². The Bertz CT molecular complexity index is 1020. The number of hydrogen-bond donors (Lipinski definition) is 1. The van der Waals surface area contributed by atoms with Gasteiger partial charge in [-0.2, -0.15) is 0 Å². The van der Waals surface area contributed by atoms with Crippen LogP contribution < -0.4 is 14.8 Å². The number of esters is 2. The predicted molar refractivity (Wildman–Crippen MR) is 121 cm³/mol. The fourth-order valence-electron chi connectivity index (χ4n) is 4.60. The molecule has 8 heteroatoms. The second kappa shape index (κ2) is 10.1. The van der Waals surface area contributed by atoms with Crippen LogP contribution in [0.3, 0.4) is 0 Å². The molecule has 3 rings (SSSR count). The van der Waals surface area contributed by atoms with Gasteiger partial charge in [-0.1, -0.05) is 13.8 Å². The summed E-state index contributed by atoms with van der Waals surface area (Å²) in [6.07, 6.45) is 1.12. The number of dihydropyridines is 1. The van der Waals surface area contributed by atoms with Gasteiger partial charge >= 0.3 is 11.9 Å². The van der Waals surface area contributed by atoms with Gasteiger partial charge in [0.15, 0.2) is 5.78 Å². The Labute approximate surface area is 193 Å². The Morgan fingerprint density at radius 3 is 2.48 bits per heavy atom. The van der Waals surface area contributed by atoms with Gasteiger partial charge in [-0.15, -0.1) is 0 Å². The van der Waals surface area contributed by atoms with Crippen molar-refractivity contribution in [2.75, 3.05) is 27.9 Å². The SMILES string of the molecule is CCCOC(=O)C1=C(C)NC2=C(C(=O)[C@H](C(=O)OC)[C@@H](C)C2)[C@@H]1c1cc(OC)ccc1OC. The van der Waals surface area contributed by atoms with Crippen molar-refractivity contribution in [2.24, 2.45) is 11.8 Å². The molecule has 3 atom stereocenters. The molecule has 0 unspecified atom stereocenters. The molecule has 0 saturated carbocycles.